The van der Waals surface area contributed by atoms with Gasteiger partial charge in [0.15, 0.2) is 14.6 Å². The summed E-state index contributed by atoms with van der Waals surface area (Å²) in [5, 5.41) is 9.71. The van der Waals surface area contributed by atoms with Gasteiger partial charge in [0.1, 0.15) is 5.60 Å². The third-order valence-corrected chi connectivity index (χ3v) is 6.82. The van der Waals surface area contributed by atoms with Crippen LogP contribution in [-0.2, 0) is 19.4 Å². The van der Waals surface area contributed by atoms with Crippen LogP contribution in [0.2, 0.25) is 0 Å². The third-order valence-electron chi connectivity index (χ3n) is 4.32. The maximum absolute atomic E-state index is 13.0. The summed E-state index contributed by atoms with van der Waals surface area (Å²) in [6.45, 7) is 5.14. The van der Waals surface area contributed by atoms with Crippen molar-refractivity contribution in [2.75, 3.05) is 18.8 Å². The van der Waals surface area contributed by atoms with Gasteiger partial charge in [0.05, 0.1) is 4.90 Å². The maximum Gasteiger partial charge on any atom is 0.410 e. The molecule has 0 aromatic heterocycles. The molecule has 1 aliphatic heterocycles. The average molecular weight is 384 g/mol. The predicted molar refractivity (Wildman–Crippen MR) is 95.4 cm³/mol. The lowest BCUT2D eigenvalue weighted by Crippen LogP contribution is -2.55. The van der Waals surface area contributed by atoms with Gasteiger partial charge >= 0.3 is 12.1 Å². The van der Waals surface area contributed by atoms with Crippen LogP contribution in [0, 0.1) is 0 Å². The minimum Gasteiger partial charge on any atom is -0.480 e. The van der Waals surface area contributed by atoms with Gasteiger partial charge in [0.25, 0.3) is 0 Å². The number of piperidine rings is 1. The number of sulfone groups is 1. The van der Waals surface area contributed by atoms with Crippen LogP contribution < -0.4 is 5.73 Å². The lowest BCUT2D eigenvalue weighted by atomic mass is 9.96. The van der Waals surface area contributed by atoms with E-state index in [2.05, 4.69) is 0 Å². The van der Waals surface area contributed by atoms with E-state index in [1.165, 1.54) is 29.2 Å². The molecular formula is C17H24N2O6S. The zero-order valence-corrected chi connectivity index (χ0v) is 15.9. The molecule has 0 spiro atoms. The summed E-state index contributed by atoms with van der Waals surface area (Å²) in [5.41, 5.74) is 5.27. The summed E-state index contributed by atoms with van der Waals surface area (Å²) in [6, 6.07) is 5.43. The summed E-state index contributed by atoms with van der Waals surface area (Å²) in [4.78, 5) is 25.3. The molecule has 0 bridgehead atoms. The fourth-order valence-corrected chi connectivity index (χ4v) is 4.74. The Labute approximate surface area is 152 Å². The Morgan fingerprint density at radius 2 is 1.65 bits per heavy atom. The highest BCUT2D eigenvalue weighted by Crippen LogP contribution is 2.36. The molecule has 1 aliphatic rings. The van der Waals surface area contributed by atoms with Gasteiger partial charge in [0, 0.05) is 18.8 Å². The van der Waals surface area contributed by atoms with Crippen LogP contribution in [0.4, 0.5) is 10.5 Å². The van der Waals surface area contributed by atoms with E-state index in [1.807, 2.05) is 0 Å². The van der Waals surface area contributed by atoms with E-state index in [0.717, 1.165) is 0 Å². The summed E-state index contributed by atoms with van der Waals surface area (Å²) in [7, 11) is -4.16. The molecule has 1 saturated heterocycles. The smallest absolute Gasteiger partial charge is 0.410 e. The topological polar surface area (TPSA) is 127 Å². The molecule has 3 N–H and O–H groups in total. The number of hydrogen-bond donors (Lipinski definition) is 2. The molecular weight excluding hydrogens is 360 g/mol. The molecule has 0 atom stereocenters. The molecule has 26 heavy (non-hydrogen) atoms. The minimum absolute atomic E-state index is 0.0184. The van der Waals surface area contributed by atoms with Crippen LogP contribution in [0.15, 0.2) is 29.2 Å². The number of carbonyl (C=O) groups is 2. The van der Waals surface area contributed by atoms with Crippen LogP contribution in [-0.4, -0.2) is 53.9 Å². The lowest BCUT2D eigenvalue weighted by Gasteiger charge is -2.38. The second kappa shape index (κ2) is 6.79. The van der Waals surface area contributed by atoms with Gasteiger partial charge < -0.3 is 20.5 Å². The summed E-state index contributed by atoms with van der Waals surface area (Å²) < 4.78 is 29.3. The molecule has 9 heteroatoms. The Kier molecular flexibility index (Phi) is 5.23. The van der Waals surface area contributed by atoms with Gasteiger partial charge in [-0.25, -0.2) is 13.2 Å². The number of nitrogen functional groups attached to an aromatic ring is 1. The highest BCUT2D eigenvalue weighted by atomic mass is 32.2. The summed E-state index contributed by atoms with van der Waals surface area (Å²) in [6.07, 6.45) is -1.01. The first-order valence-corrected chi connectivity index (χ1v) is 9.69. The molecule has 0 radical (unpaired) electrons. The molecule has 1 fully saturated rings. The van der Waals surface area contributed by atoms with E-state index in [4.69, 9.17) is 10.5 Å². The Balaban J connectivity index is 2.27. The number of benzene rings is 1. The fraction of sp³-hybridized carbons (Fsp3) is 0.529. The van der Waals surface area contributed by atoms with E-state index in [0.29, 0.717) is 5.69 Å². The molecule has 0 aliphatic carbocycles. The largest absolute Gasteiger partial charge is 0.480 e. The van der Waals surface area contributed by atoms with Crippen LogP contribution in [0.3, 0.4) is 0 Å². The van der Waals surface area contributed by atoms with E-state index < -0.39 is 32.2 Å². The van der Waals surface area contributed by atoms with E-state index in [-0.39, 0.29) is 30.8 Å². The van der Waals surface area contributed by atoms with Gasteiger partial charge in [-0.1, -0.05) is 0 Å². The molecule has 8 nitrogen and oxygen atoms in total. The zero-order chi connectivity index (χ0) is 19.8. The maximum atomic E-state index is 13.0. The lowest BCUT2D eigenvalue weighted by molar-refractivity contribution is -0.141. The standard InChI is InChI=1S/C17H24N2O6S/c1-16(2,3)25-15(22)19-10-8-17(9-11-19,14(20)21)26(23,24)13-6-4-12(18)5-7-13/h4-7H,8-11,18H2,1-3H3,(H,20,21). The number of anilines is 1. The Bertz CT molecular complexity index is 788. The van der Waals surface area contributed by atoms with Gasteiger partial charge in [-0.2, -0.15) is 0 Å². The van der Waals surface area contributed by atoms with Crippen molar-refractivity contribution in [1.82, 2.24) is 4.90 Å². The van der Waals surface area contributed by atoms with Gasteiger partial charge in [0.2, 0.25) is 0 Å². The van der Waals surface area contributed by atoms with Crippen molar-refractivity contribution in [3.63, 3.8) is 0 Å². The minimum atomic E-state index is -4.16. The quantitative estimate of drug-likeness (QED) is 0.762. The van der Waals surface area contributed by atoms with Crippen LogP contribution >= 0.6 is 0 Å². The highest BCUT2D eigenvalue weighted by molar-refractivity contribution is 7.93. The van der Waals surface area contributed by atoms with Crippen LogP contribution in [0.5, 0.6) is 0 Å². The number of amides is 1. The van der Waals surface area contributed by atoms with E-state index in [9.17, 15) is 23.1 Å². The number of carbonyl (C=O) groups excluding carboxylic acids is 1. The van der Waals surface area contributed by atoms with Crippen molar-refractivity contribution in [3.05, 3.63) is 24.3 Å². The third kappa shape index (κ3) is 3.77. The van der Waals surface area contributed by atoms with Crippen molar-refractivity contribution in [1.29, 1.82) is 0 Å². The Hall–Kier alpha value is -2.29. The normalized spacial score (nSPS) is 17.6. The first kappa shape index (κ1) is 20.0. The first-order chi connectivity index (χ1) is 11.9. The van der Waals surface area contributed by atoms with Crippen molar-refractivity contribution in [3.8, 4) is 0 Å². The average Bonchev–Trinajstić information content (AvgIpc) is 2.53. The highest BCUT2D eigenvalue weighted by Gasteiger charge is 2.54. The van der Waals surface area contributed by atoms with E-state index in [1.54, 1.807) is 20.8 Å². The van der Waals surface area contributed by atoms with Crippen molar-refractivity contribution in [2.24, 2.45) is 0 Å². The number of carboxylic acids is 1. The Morgan fingerprint density at radius 1 is 1.15 bits per heavy atom. The SMILES string of the molecule is CC(C)(C)OC(=O)N1CCC(C(=O)O)(S(=O)(=O)c2ccc(N)cc2)CC1. The second-order valence-corrected chi connectivity index (χ2v) is 9.60. The molecule has 144 valence electrons. The number of ether oxygens (including phenoxy) is 1. The molecule has 1 aromatic carbocycles. The molecule has 1 heterocycles. The van der Waals surface area contributed by atoms with E-state index >= 15 is 0 Å². The van der Waals surface area contributed by atoms with Crippen molar-refractivity contribution < 1.29 is 27.9 Å². The summed E-state index contributed by atoms with van der Waals surface area (Å²) >= 11 is 0. The van der Waals surface area contributed by atoms with Gasteiger partial charge in [-0.3, -0.25) is 4.79 Å². The fourth-order valence-electron chi connectivity index (χ4n) is 2.85. The molecule has 2 rings (SSSR count). The van der Waals surface area contributed by atoms with Gasteiger partial charge in [-0.15, -0.1) is 0 Å². The number of nitrogens with two attached hydrogens (primary N) is 1. The van der Waals surface area contributed by atoms with Crippen LogP contribution in [0.1, 0.15) is 33.6 Å². The number of likely N-dealkylation sites (tertiary alicyclic amines) is 1. The van der Waals surface area contributed by atoms with Crippen LogP contribution in [0.25, 0.3) is 0 Å². The number of hydrogen-bond acceptors (Lipinski definition) is 6. The molecule has 1 aromatic rings. The molecule has 0 saturated carbocycles. The number of aliphatic carboxylic acids is 1. The zero-order valence-electron chi connectivity index (χ0n) is 15.1. The molecule has 1 amide bonds. The predicted octanol–water partition coefficient (Wildman–Crippen LogP) is 1.90. The number of carboxylic acid groups (broad SMARTS) is 1. The monoisotopic (exact) mass is 384 g/mol. The van der Waals surface area contributed by atoms with Gasteiger partial charge in [-0.05, 0) is 57.9 Å². The molecule has 0 unspecified atom stereocenters. The van der Waals surface area contributed by atoms with Crippen molar-refractivity contribution in [2.45, 2.75) is 48.9 Å². The van der Waals surface area contributed by atoms with Crippen molar-refractivity contribution >= 4 is 27.6 Å². The number of rotatable bonds is 3. The second-order valence-electron chi connectivity index (χ2n) is 7.34. The number of nitrogens with zero attached hydrogens (tertiary/aromatic N) is 1. The Morgan fingerprint density at radius 3 is 2.08 bits per heavy atom. The first-order valence-electron chi connectivity index (χ1n) is 8.20. The summed E-state index contributed by atoms with van der Waals surface area (Å²) in [5.74, 6) is -1.42.